The lowest BCUT2D eigenvalue weighted by atomic mass is 10.3. The molecular formula is C14H10N6O3S. The minimum Gasteiger partial charge on any atom is -0.508 e. The van der Waals surface area contributed by atoms with Crippen molar-refractivity contribution >= 4 is 11.8 Å². The number of aromatic nitrogens is 6. The Hall–Kier alpha value is -3.14. The number of tetrazole rings is 1. The molecule has 0 saturated heterocycles. The Morgan fingerprint density at radius 2 is 1.96 bits per heavy atom. The predicted molar refractivity (Wildman–Crippen MR) is 82.4 cm³/mol. The van der Waals surface area contributed by atoms with E-state index in [1.54, 1.807) is 47.3 Å². The smallest absolute Gasteiger partial charge is 0.283 e. The summed E-state index contributed by atoms with van der Waals surface area (Å²) >= 11 is 1.35. The number of furan rings is 1. The molecule has 0 unspecified atom stereocenters. The average Bonchev–Trinajstić information content (AvgIpc) is 3.34. The van der Waals surface area contributed by atoms with Crippen LogP contribution in [0.2, 0.25) is 0 Å². The highest BCUT2D eigenvalue weighted by Crippen LogP contribution is 2.25. The largest absolute Gasteiger partial charge is 0.508 e. The Labute approximate surface area is 139 Å². The number of phenolic OH excluding ortho intramolecular Hbond substituents is 1. The Balaban J connectivity index is 1.49. The van der Waals surface area contributed by atoms with Gasteiger partial charge < -0.3 is 13.9 Å². The second-order valence-electron chi connectivity index (χ2n) is 4.66. The van der Waals surface area contributed by atoms with Gasteiger partial charge in [-0.05, 0) is 46.8 Å². The van der Waals surface area contributed by atoms with Gasteiger partial charge >= 0.3 is 0 Å². The van der Waals surface area contributed by atoms with Crippen molar-refractivity contribution in [2.75, 3.05) is 0 Å². The van der Waals surface area contributed by atoms with Gasteiger partial charge in [0.2, 0.25) is 11.0 Å². The van der Waals surface area contributed by atoms with E-state index in [1.807, 2.05) is 0 Å². The van der Waals surface area contributed by atoms with Gasteiger partial charge in [0.15, 0.2) is 5.76 Å². The van der Waals surface area contributed by atoms with Gasteiger partial charge in [-0.1, -0.05) is 11.8 Å². The standard InChI is InChI=1S/C14H10N6O3S/c21-10-5-3-9(4-6-10)20-14(17-18-19-20)24-8-12-15-16-13(23-12)11-2-1-7-22-11/h1-7,21H,8H2. The van der Waals surface area contributed by atoms with E-state index in [-0.39, 0.29) is 5.75 Å². The second kappa shape index (κ2) is 6.16. The van der Waals surface area contributed by atoms with Crippen LogP contribution in [0.15, 0.2) is 56.7 Å². The minimum absolute atomic E-state index is 0.178. The molecular weight excluding hydrogens is 332 g/mol. The summed E-state index contributed by atoms with van der Waals surface area (Å²) in [6, 6.07) is 10.1. The van der Waals surface area contributed by atoms with Crippen LogP contribution in [0.25, 0.3) is 17.3 Å². The molecule has 0 saturated carbocycles. The topological polar surface area (TPSA) is 116 Å². The highest BCUT2D eigenvalue weighted by atomic mass is 32.2. The third-order valence-corrected chi connectivity index (χ3v) is 3.96. The highest BCUT2D eigenvalue weighted by molar-refractivity contribution is 7.98. The Morgan fingerprint density at radius 1 is 1.08 bits per heavy atom. The molecule has 0 fully saturated rings. The summed E-state index contributed by atoms with van der Waals surface area (Å²) in [5, 5.41) is 29.4. The van der Waals surface area contributed by atoms with E-state index in [1.165, 1.54) is 11.8 Å². The summed E-state index contributed by atoms with van der Waals surface area (Å²) in [4.78, 5) is 0. The molecule has 0 aliphatic rings. The van der Waals surface area contributed by atoms with Crippen molar-refractivity contribution < 1.29 is 13.9 Å². The van der Waals surface area contributed by atoms with E-state index < -0.39 is 0 Å². The number of nitrogens with zero attached hydrogens (tertiary/aromatic N) is 6. The summed E-state index contributed by atoms with van der Waals surface area (Å²) in [5.74, 6) is 1.87. The van der Waals surface area contributed by atoms with Crippen molar-refractivity contribution in [2.24, 2.45) is 0 Å². The molecule has 4 rings (SSSR count). The lowest BCUT2D eigenvalue weighted by Crippen LogP contribution is -1.98. The molecule has 120 valence electrons. The maximum Gasteiger partial charge on any atom is 0.283 e. The summed E-state index contributed by atoms with van der Waals surface area (Å²) in [7, 11) is 0. The van der Waals surface area contributed by atoms with E-state index in [2.05, 4.69) is 25.7 Å². The lowest BCUT2D eigenvalue weighted by molar-refractivity contribution is 0.475. The van der Waals surface area contributed by atoms with Crippen LogP contribution in [-0.2, 0) is 5.75 Å². The Kier molecular flexibility index (Phi) is 3.71. The van der Waals surface area contributed by atoms with Crippen LogP contribution in [0, 0.1) is 0 Å². The summed E-state index contributed by atoms with van der Waals surface area (Å²) < 4.78 is 12.3. The molecule has 3 heterocycles. The van der Waals surface area contributed by atoms with E-state index in [4.69, 9.17) is 8.83 Å². The number of hydrogen-bond acceptors (Lipinski definition) is 9. The normalized spacial score (nSPS) is 11.0. The number of rotatable bonds is 5. The van der Waals surface area contributed by atoms with Crippen LogP contribution in [0.5, 0.6) is 5.75 Å². The van der Waals surface area contributed by atoms with Crippen LogP contribution in [0.3, 0.4) is 0 Å². The molecule has 1 N–H and O–H groups in total. The molecule has 3 aromatic heterocycles. The maximum absolute atomic E-state index is 9.35. The van der Waals surface area contributed by atoms with Gasteiger partial charge in [0.05, 0.1) is 17.7 Å². The molecule has 0 radical (unpaired) electrons. The van der Waals surface area contributed by atoms with Crippen molar-refractivity contribution in [1.82, 2.24) is 30.4 Å². The van der Waals surface area contributed by atoms with Crippen molar-refractivity contribution in [2.45, 2.75) is 10.9 Å². The van der Waals surface area contributed by atoms with Gasteiger partial charge in [-0.2, -0.15) is 4.68 Å². The number of thioether (sulfide) groups is 1. The highest BCUT2D eigenvalue weighted by Gasteiger charge is 2.14. The van der Waals surface area contributed by atoms with E-state index in [0.717, 1.165) is 5.69 Å². The molecule has 24 heavy (non-hydrogen) atoms. The first kappa shape index (κ1) is 14.5. The van der Waals surface area contributed by atoms with Crippen molar-refractivity contribution in [1.29, 1.82) is 0 Å². The number of phenols is 1. The molecule has 0 atom stereocenters. The van der Waals surface area contributed by atoms with Crippen LogP contribution < -0.4 is 0 Å². The lowest BCUT2D eigenvalue weighted by Gasteiger charge is -2.03. The number of benzene rings is 1. The minimum atomic E-state index is 0.178. The fourth-order valence-electron chi connectivity index (χ4n) is 1.96. The van der Waals surface area contributed by atoms with Gasteiger partial charge in [0, 0.05) is 0 Å². The van der Waals surface area contributed by atoms with Gasteiger partial charge in [-0.15, -0.1) is 15.3 Å². The van der Waals surface area contributed by atoms with E-state index >= 15 is 0 Å². The molecule has 4 aromatic rings. The quantitative estimate of drug-likeness (QED) is 0.545. The Bertz CT molecular complexity index is 932. The molecule has 0 aliphatic carbocycles. The van der Waals surface area contributed by atoms with Gasteiger partial charge in [0.1, 0.15) is 5.75 Å². The van der Waals surface area contributed by atoms with Crippen molar-refractivity contribution in [3.05, 3.63) is 48.6 Å². The van der Waals surface area contributed by atoms with Gasteiger partial charge in [0.25, 0.3) is 5.89 Å². The van der Waals surface area contributed by atoms with Gasteiger partial charge in [-0.3, -0.25) is 0 Å². The Morgan fingerprint density at radius 3 is 2.75 bits per heavy atom. The maximum atomic E-state index is 9.35. The molecule has 9 nitrogen and oxygen atoms in total. The summed E-state index contributed by atoms with van der Waals surface area (Å²) in [6.07, 6.45) is 1.54. The third kappa shape index (κ3) is 2.86. The van der Waals surface area contributed by atoms with Crippen molar-refractivity contribution in [3.63, 3.8) is 0 Å². The molecule has 0 amide bonds. The number of aromatic hydroxyl groups is 1. The van der Waals surface area contributed by atoms with E-state index in [0.29, 0.717) is 28.5 Å². The first-order valence-electron chi connectivity index (χ1n) is 6.86. The molecule has 0 bridgehead atoms. The zero-order chi connectivity index (χ0) is 16.4. The SMILES string of the molecule is Oc1ccc(-n2nnnc2SCc2nnc(-c3ccco3)o2)cc1. The monoisotopic (exact) mass is 342 g/mol. The fourth-order valence-corrected chi connectivity index (χ4v) is 2.69. The second-order valence-corrected chi connectivity index (χ2v) is 5.60. The zero-order valence-electron chi connectivity index (χ0n) is 12.1. The fraction of sp³-hybridized carbons (Fsp3) is 0.0714. The van der Waals surface area contributed by atoms with Crippen LogP contribution in [-0.4, -0.2) is 35.5 Å². The zero-order valence-corrected chi connectivity index (χ0v) is 12.9. The molecule has 0 aliphatic heterocycles. The molecule has 0 spiro atoms. The first-order chi connectivity index (χ1) is 11.8. The number of hydrogen-bond donors (Lipinski definition) is 1. The molecule has 10 heteroatoms. The van der Waals surface area contributed by atoms with Crippen LogP contribution >= 0.6 is 11.8 Å². The predicted octanol–water partition coefficient (Wildman–Crippen LogP) is 2.30. The van der Waals surface area contributed by atoms with Crippen molar-refractivity contribution in [3.8, 4) is 23.1 Å². The van der Waals surface area contributed by atoms with Gasteiger partial charge in [-0.25, -0.2) is 0 Å². The summed E-state index contributed by atoms with van der Waals surface area (Å²) in [5.41, 5.74) is 0.738. The third-order valence-electron chi connectivity index (χ3n) is 3.06. The van der Waals surface area contributed by atoms with Crippen LogP contribution in [0.4, 0.5) is 0 Å². The average molecular weight is 342 g/mol. The summed E-state index contributed by atoms with van der Waals surface area (Å²) in [6.45, 7) is 0. The van der Waals surface area contributed by atoms with E-state index in [9.17, 15) is 5.11 Å². The van der Waals surface area contributed by atoms with Crippen LogP contribution in [0.1, 0.15) is 5.89 Å². The molecule has 1 aromatic carbocycles. The first-order valence-corrected chi connectivity index (χ1v) is 7.85.